The fourth-order valence-electron chi connectivity index (χ4n) is 2.67. The minimum absolute atomic E-state index is 0.215. The number of hydrazone groups is 1. The summed E-state index contributed by atoms with van der Waals surface area (Å²) in [5, 5.41) is 4.15. The molecule has 150 valence electrons. The van der Waals surface area contributed by atoms with Crippen LogP contribution < -0.4 is 19.8 Å². The molecule has 1 aromatic heterocycles. The molecule has 1 saturated heterocycles. The maximum absolute atomic E-state index is 14.1. The van der Waals surface area contributed by atoms with Gasteiger partial charge in [-0.05, 0) is 47.2 Å². The molecule has 1 aliphatic heterocycles. The Morgan fingerprint density at radius 3 is 2.89 bits per heavy atom. The Labute approximate surface area is 176 Å². The summed E-state index contributed by atoms with van der Waals surface area (Å²) in [6.07, 6.45) is 2.75. The monoisotopic (exact) mass is 501 g/mol. The third-order valence-electron chi connectivity index (χ3n) is 3.95. The van der Waals surface area contributed by atoms with E-state index in [0.717, 1.165) is 15.3 Å². The van der Waals surface area contributed by atoms with Crippen LogP contribution in [-0.2, 0) is 4.74 Å². The highest BCUT2D eigenvalue weighted by molar-refractivity contribution is 14.1. The van der Waals surface area contributed by atoms with Gasteiger partial charge in [0.1, 0.15) is 0 Å². The number of hydrogen-bond acceptors (Lipinski definition) is 8. The Bertz CT molecular complexity index is 846. The number of nitrogens with one attached hydrogen (secondary N) is 1. The maximum atomic E-state index is 14.1. The van der Waals surface area contributed by atoms with Crippen LogP contribution in [0.5, 0.6) is 11.5 Å². The molecule has 0 aliphatic carbocycles. The summed E-state index contributed by atoms with van der Waals surface area (Å²) in [5.41, 5.74) is 3.56. The first kappa shape index (κ1) is 20.5. The summed E-state index contributed by atoms with van der Waals surface area (Å²) >= 11 is 2.19. The lowest BCUT2D eigenvalue weighted by atomic mass is 10.2. The van der Waals surface area contributed by atoms with Crippen molar-refractivity contribution < 1.29 is 18.6 Å². The molecule has 0 atom stereocenters. The van der Waals surface area contributed by atoms with E-state index in [1.165, 1.54) is 0 Å². The number of rotatable bonds is 7. The number of methoxy groups -OCH3 is 1. The summed E-state index contributed by atoms with van der Waals surface area (Å²) in [6, 6.07) is 3.74. The molecule has 0 bridgehead atoms. The molecular formula is C18H21FIN5O3. The van der Waals surface area contributed by atoms with Crippen LogP contribution in [0.25, 0.3) is 0 Å². The molecule has 2 heterocycles. The molecule has 1 fully saturated rings. The average molecular weight is 501 g/mol. The predicted octanol–water partition coefficient (Wildman–Crippen LogP) is 2.91. The minimum Gasteiger partial charge on any atom is -0.493 e. The number of benzene rings is 1. The van der Waals surface area contributed by atoms with Crippen LogP contribution in [0.15, 0.2) is 23.4 Å². The second-order valence-electron chi connectivity index (χ2n) is 5.80. The molecule has 1 aromatic carbocycles. The second-order valence-corrected chi connectivity index (χ2v) is 6.96. The zero-order chi connectivity index (χ0) is 19.9. The number of ether oxygens (including phenoxy) is 3. The highest BCUT2D eigenvalue weighted by Crippen LogP contribution is 2.33. The molecule has 0 unspecified atom stereocenters. The largest absolute Gasteiger partial charge is 0.493 e. The quantitative estimate of drug-likeness (QED) is 0.355. The molecule has 0 radical (unpaired) electrons. The Morgan fingerprint density at radius 1 is 1.39 bits per heavy atom. The molecule has 0 amide bonds. The zero-order valence-corrected chi connectivity index (χ0v) is 17.8. The van der Waals surface area contributed by atoms with Gasteiger partial charge in [0.05, 0.1) is 42.9 Å². The molecular weight excluding hydrogens is 480 g/mol. The topological polar surface area (TPSA) is 81.1 Å². The summed E-state index contributed by atoms with van der Waals surface area (Å²) in [7, 11) is 1.59. The van der Waals surface area contributed by atoms with Gasteiger partial charge in [-0.15, -0.1) is 0 Å². The number of hydrogen-bond donors (Lipinski definition) is 1. The Kier molecular flexibility index (Phi) is 7.20. The van der Waals surface area contributed by atoms with Crippen molar-refractivity contribution in [2.75, 3.05) is 50.3 Å². The van der Waals surface area contributed by atoms with Crippen LogP contribution in [0.3, 0.4) is 0 Å². The van der Waals surface area contributed by atoms with E-state index >= 15 is 0 Å². The van der Waals surface area contributed by atoms with Gasteiger partial charge in [0, 0.05) is 13.1 Å². The maximum Gasteiger partial charge on any atom is 0.245 e. The number of aromatic nitrogens is 2. The number of halogens is 2. The first-order chi connectivity index (χ1) is 13.6. The van der Waals surface area contributed by atoms with Crippen molar-refractivity contribution in [1.29, 1.82) is 0 Å². The first-order valence-corrected chi connectivity index (χ1v) is 9.85. The third-order valence-corrected chi connectivity index (χ3v) is 4.76. The van der Waals surface area contributed by atoms with Gasteiger partial charge in [0.15, 0.2) is 23.1 Å². The van der Waals surface area contributed by atoms with Gasteiger partial charge in [-0.2, -0.15) is 10.1 Å². The molecule has 2 aromatic rings. The number of morpholine rings is 1. The van der Waals surface area contributed by atoms with Crippen molar-refractivity contribution in [2.45, 2.75) is 6.92 Å². The summed E-state index contributed by atoms with van der Waals surface area (Å²) in [6.45, 7) is 4.73. The number of anilines is 2. The van der Waals surface area contributed by atoms with Crippen LogP contribution in [-0.4, -0.2) is 56.2 Å². The lowest BCUT2D eigenvalue weighted by Gasteiger charge is -2.27. The van der Waals surface area contributed by atoms with Gasteiger partial charge in [-0.1, -0.05) is 0 Å². The van der Waals surface area contributed by atoms with E-state index in [1.54, 1.807) is 13.3 Å². The molecule has 0 spiro atoms. The van der Waals surface area contributed by atoms with Gasteiger partial charge < -0.3 is 19.1 Å². The molecule has 1 N–H and O–H groups in total. The minimum atomic E-state index is -0.470. The van der Waals surface area contributed by atoms with Crippen LogP contribution in [0.4, 0.5) is 16.2 Å². The smallest absolute Gasteiger partial charge is 0.245 e. The van der Waals surface area contributed by atoms with Crippen molar-refractivity contribution in [3.05, 3.63) is 33.3 Å². The second kappa shape index (κ2) is 9.82. The summed E-state index contributed by atoms with van der Waals surface area (Å²) in [4.78, 5) is 10.00. The van der Waals surface area contributed by atoms with Crippen LogP contribution >= 0.6 is 22.6 Å². The van der Waals surface area contributed by atoms with Crippen molar-refractivity contribution in [3.63, 3.8) is 0 Å². The average Bonchev–Trinajstić information content (AvgIpc) is 2.71. The van der Waals surface area contributed by atoms with Crippen molar-refractivity contribution >= 4 is 40.6 Å². The van der Waals surface area contributed by atoms with Crippen LogP contribution in [0.1, 0.15) is 12.5 Å². The highest BCUT2D eigenvalue weighted by Gasteiger charge is 2.17. The first-order valence-electron chi connectivity index (χ1n) is 8.77. The van der Waals surface area contributed by atoms with Crippen LogP contribution in [0, 0.1) is 9.39 Å². The molecule has 3 rings (SSSR count). The molecule has 0 saturated carbocycles. The van der Waals surface area contributed by atoms with Gasteiger partial charge in [-0.25, -0.2) is 14.8 Å². The highest BCUT2D eigenvalue weighted by atomic mass is 127. The Morgan fingerprint density at radius 2 is 2.18 bits per heavy atom. The van der Waals surface area contributed by atoms with E-state index in [4.69, 9.17) is 14.2 Å². The van der Waals surface area contributed by atoms with E-state index in [1.807, 2.05) is 24.0 Å². The van der Waals surface area contributed by atoms with Gasteiger partial charge >= 0.3 is 0 Å². The normalized spacial score (nSPS) is 14.4. The van der Waals surface area contributed by atoms with Gasteiger partial charge in [-0.3, -0.25) is 0 Å². The molecule has 8 nitrogen and oxygen atoms in total. The van der Waals surface area contributed by atoms with Crippen LogP contribution in [0.2, 0.25) is 0 Å². The standard InChI is InChI=1S/C18H21FIN5O3/c1-3-28-16-14(20)8-12(9-15(16)26-2)10-22-24-18-21-11-13(19)17(23-18)25-4-6-27-7-5-25/h8-11H,3-7H2,1-2H3,(H,21,23,24)/b22-10-. The van der Waals surface area contributed by atoms with Crippen molar-refractivity contribution in [3.8, 4) is 11.5 Å². The van der Waals surface area contributed by atoms with E-state index in [-0.39, 0.29) is 11.8 Å². The fourth-order valence-corrected chi connectivity index (χ4v) is 3.45. The molecule has 1 aliphatic rings. The molecule has 10 heteroatoms. The Balaban J connectivity index is 1.73. The fraction of sp³-hybridized carbons (Fsp3) is 0.389. The van der Waals surface area contributed by atoms with Crippen molar-refractivity contribution in [1.82, 2.24) is 9.97 Å². The lowest BCUT2D eigenvalue weighted by Crippen LogP contribution is -2.37. The molecule has 28 heavy (non-hydrogen) atoms. The van der Waals surface area contributed by atoms with E-state index in [2.05, 4.69) is 43.1 Å². The summed E-state index contributed by atoms with van der Waals surface area (Å²) < 4.78 is 31.3. The van der Waals surface area contributed by atoms with E-state index < -0.39 is 5.82 Å². The van der Waals surface area contributed by atoms with Gasteiger partial charge in [0.25, 0.3) is 0 Å². The summed E-state index contributed by atoms with van der Waals surface area (Å²) in [5.74, 6) is 1.32. The Hall–Kier alpha value is -2.21. The van der Waals surface area contributed by atoms with E-state index in [0.29, 0.717) is 44.4 Å². The van der Waals surface area contributed by atoms with E-state index in [9.17, 15) is 4.39 Å². The lowest BCUT2D eigenvalue weighted by molar-refractivity contribution is 0.122. The third kappa shape index (κ3) is 4.98. The SMILES string of the molecule is CCOc1c(I)cc(/C=N\Nc2ncc(F)c(N3CCOCC3)n2)cc1OC. The number of nitrogens with zero attached hydrogens (tertiary/aromatic N) is 4. The van der Waals surface area contributed by atoms with Crippen molar-refractivity contribution in [2.24, 2.45) is 5.10 Å². The van der Waals surface area contributed by atoms with Gasteiger partial charge in [0.2, 0.25) is 5.95 Å². The zero-order valence-electron chi connectivity index (χ0n) is 15.6. The predicted molar refractivity (Wildman–Crippen MR) is 113 cm³/mol.